The standard InChI is InChI=1S/C29H32ClN3O2S/c1-6-32(7-2)18-22-16-24(9-11-29(22)34)33(36(35)25-13-19(3)12-20(4)14-25)28-15-21(5)31-27-17-23(30)8-10-26(27)28/h8-17,34H,6-7,18H2,1-5H3. The summed E-state index contributed by atoms with van der Waals surface area (Å²) in [5.41, 5.74) is 5.92. The molecule has 4 rings (SSSR count). The van der Waals surface area contributed by atoms with Crippen LogP contribution in [0.5, 0.6) is 5.75 Å². The highest BCUT2D eigenvalue weighted by atomic mass is 35.5. The molecule has 188 valence electrons. The normalized spacial score (nSPS) is 12.3. The number of nitrogens with zero attached hydrogens (tertiary/aromatic N) is 3. The molecule has 7 heteroatoms. The summed E-state index contributed by atoms with van der Waals surface area (Å²) in [5, 5.41) is 12.1. The van der Waals surface area contributed by atoms with Gasteiger partial charge in [-0.15, -0.1) is 0 Å². The summed E-state index contributed by atoms with van der Waals surface area (Å²) in [5.74, 6) is 0.227. The Morgan fingerprint density at radius 1 is 0.917 bits per heavy atom. The lowest BCUT2D eigenvalue weighted by atomic mass is 10.1. The van der Waals surface area contributed by atoms with Crippen molar-refractivity contribution in [2.45, 2.75) is 46.1 Å². The van der Waals surface area contributed by atoms with Gasteiger partial charge in [0.2, 0.25) is 0 Å². The molecule has 1 heterocycles. The molecule has 0 radical (unpaired) electrons. The number of phenolic OH excluding ortho intramolecular Hbond substituents is 1. The maximum absolute atomic E-state index is 14.3. The zero-order valence-electron chi connectivity index (χ0n) is 21.4. The van der Waals surface area contributed by atoms with Gasteiger partial charge in [0.25, 0.3) is 0 Å². The third kappa shape index (κ3) is 5.56. The number of fused-ring (bicyclic) bond motifs is 1. The second-order valence-electron chi connectivity index (χ2n) is 9.09. The Morgan fingerprint density at radius 2 is 1.61 bits per heavy atom. The largest absolute Gasteiger partial charge is 0.508 e. The van der Waals surface area contributed by atoms with E-state index in [4.69, 9.17) is 11.6 Å². The highest BCUT2D eigenvalue weighted by Crippen LogP contribution is 2.38. The topological polar surface area (TPSA) is 56.7 Å². The van der Waals surface area contributed by atoms with Crippen LogP contribution in [0.2, 0.25) is 5.02 Å². The Bertz CT molecular complexity index is 1410. The monoisotopic (exact) mass is 521 g/mol. The van der Waals surface area contributed by atoms with Gasteiger partial charge in [-0.3, -0.25) is 14.2 Å². The number of phenols is 1. The Hall–Kier alpha value is -2.93. The quantitative estimate of drug-likeness (QED) is 0.266. The van der Waals surface area contributed by atoms with Crippen molar-refractivity contribution in [3.63, 3.8) is 0 Å². The van der Waals surface area contributed by atoms with Crippen LogP contribution in [0.15, 0.2) is 65.6 Å². The fourth-order valence-corrected chi connectivity index (χ4v) is 6.04. The first-order chi connectivity index (χ1) is 17.2. The summed E-state index contributed by atoms with van der Waals surface area (Å²) in [4.78, 5) is 7.61. The minimum atomic E-state index is -1.57. The lowest BCUT2D eigenvalue weighted by Crippen LogP contribution is -2.23. The molecule has 4 aromatic rings. The van der Waals surface area contributed by atoms with E-state index in [0.717, 1.165) is 57.8 Å². The average Bonchev–Trinajstić information content (AvgIpc) is 2.83. The molecular formula is C29H32ClN3O2S. The number of aromatic hydroxyl groups is 1. The molecule has 1 unspecified atom stereocenters. The van der Waals surface area contributed by atoms with Gasteiger partial charge in [0.05, 0.1) is 21.8 Å². The lowest BCUT2D eigenvalue weighted by Gasteiger charge is -2.27. The number of rotatable bonds is 8. The predicted octanol–water partition coefficient (Wildman–Crippen LogP) is 7.22. The number of aromatic nitrogens is 1. The minimum Gasteiger partial charge on any atom is -0.508 e. The Balaban J connectivity index is 1.96. The van der Waals surface area contributed by atoms with Gasteiger partial charge in [0, 0.05) is 28.2 Å². The van der Waals surface area contributed by atoms with Crippen molar-refractivity contribution >= 4 is 44.9 Å². The lowest BCUT2D eigenvalue weighted by molar-refractivity contribution is 0.291. The van der Waals surface area contributed by atoms with E-state index in [1.807, 2.05) is 73.6 Å². The van der Waals surface area contributed by atoms with Crippen molar-refractivity contribution in [1.29, 1.82) is 0 Å². The van der Waals surface area contributed by atoms with Gasteiger partial charge < -0.3 is 5.11 Å². The number of halogens is 1. The van der Waals surface area contributed by atoms with Gasteiger partial charge in [-0.05, 0) is 99.6 Å². The van der Waals surface area contributed by atoms with E-state index in [1.165, 1.54) is 0 Å². The minimum absolute atomic E-state index is 0.227. The van der Waals surface area contributed by atoms with Crippen molar-refractivity contribution in [2.75, 3.05) is 17.4 Å². The van der Waals surface area contributed by atoms with Crippen molar-refractivity contribution < 1.29 is 9.32 Å². The molecule has 0 aliphatic rings. The molecule has 0 bridgehead atoms. The van der Waals surface area contributed by atoms with E-state index in [9.17, 15) is 9.32 Å². The molecule has 1 N–H and O–H groups in total. The molecular weight excluding hydrogens is 490 g/mol. The van der Waals surface area contributed by atoms with Crippen LogP contribution >= 0.6 is 11.6 Å². The molecule has 1 aromatic heterocycles. The van der Waals surface area contributed by atoms with Gasteiger partial charge in [-0.2, -0.15) is 0 Å². The first-order valence-electron chi connectivity index (χ1n) is 12.1. The molecule has 36 heavy (non-hydrogen) atoms. The van der Waals surface area contributed by atoms with Crippen molar-refractivity contribution in [3.8, 4) is 5.75 Å². The van der Waals surface area contributed by atoms with Crippen LogP contribution < -0.4 is 4.31 Å². The molecule has 0 aliphatic carbocycles. The zero-order chi connectivity index (χ0) is 26.0. The molecule has 3 aromatic carbocycles. The van der Waals surface area contributed by atoms with Crippen molar-refractivity contribution in [2.24, 2.45) is 0 Å². The van der Waals surface area contributed by atoms with Crippen LogP contribution in [0.4, 0.5) is 11.4 Å². The van der Waals surface area contributed by atoms with Crippen molar-refractivity contribution in [1.82, 2.24) is 9.88 Å². The van der Waals surface area contributed by atoms with Crippen LogP contribution in [0, 0.1) is 20.8 Å². The number of hydrogen-bond acceptors (Lipinski definition) is 4. The summed E-state index contributed by atoms with van der Waals surface area (Å²) in [6.07, 6.45) is 0. The van der Waals surface area contributed by atoms with Crippen LogP contribution in [-0.2, 0) is 17.5 Å². The van der Waals surface area contributed by atoms with Gasteiger partial charge in [0.1, 0.15) is 5.75 Å². The molecule has 0 spiro atoms. The van der Waals surface area contributed by atoms with Gasteiger partial charge >= 0.3 is 0 Å². The van der Waals surface area contributed by atoms with Crippen LogP contribution in [0.25, 0.3) is 10.9 Å². The van der Waals surface area contributed by atoms with E-state index in [2.05, 4.69) is 29.8 Å². The summed E-state index contributed by atoms with van der Waals surface area (Å²) in [6, 6.07) is 19.0. The maximum Gasteiger partial charge on any atom is 0.157 e. The average molecular weight is 522 g/mol. The van der Waals surface area contributed by atoms with Gasteiger partial charge in [0.15, 0.2) is 11.0 Å². The van der Waals surface area contributed by atoms with E-state index in [-0.39, 0.29) is 5.75 Å². The van der Waals surface area contributed by atoms with Crippen molar-refractivity contribution in [3.05, 3.63) is 88.1 Å². The molecule has 0 saturated heterocycles. The first kappa shape index (κ1) is 26.1. The molecule has 0 aliphatic heterocycles. The highest BCUT2D eigenvalue weighted by Gasteiger charge is 2.23. The SMILES string of the molecule is CCN(CC)Cc1cc(N(c2cc(C)nc3cc(Cl)ccc23)S(=O)c2cc(C)cc(C)c2)ccc1O. The van der Waals surface area contributed by atoms with Crippen LogP contribution in [0.1, 0.15) is 36.2 Å². The van der Waals surface area contributed by atoms with Gasteiger partial charge in [-0.25, -0.2) is 4.21 Å². The highest BCUT2D eigenvalue weighted by molar-refractivity contribution is 7.87. The molecule has 0 amide bonds. The summed E-state index contributed by atoms with van der Waals surface area (Å²) >= 11 is 6.28. The second kappa shape index (κ2) is 11.0. The maximum atomic E-state index is 14.3. The van der Waals surface area contributed by atoms with Crippen LogP contribution in [0.3, 0.4) is 0 Å². The Kier molecular flexibility index (Phi) is 7.98. The van der Waals surface area contributed by atoms with Crippen LogP contribution in [-0.4, -0.2) is 32.3 Å². The fraction of sp³-hybridized carbons (Fsp3) is 0.276. The molecule has 1 atom stereocenters. The molecule has 0 fully saturated rings. The van der Waals surface area contributed by atoms with E-state index in [1.54, 1.807) is 6.07 Å². The number of pyridine rings is 1. The number of hydrogen-bond donors (Lipinski definition) is 1. The number of benzene rings is 3. The van der Waals surface area contributed by atoms with E-state index < -0.39 is 11.0 Å². The van der Waals surface area contributed by atoms with Gasteiger partial charge in [-0.1, -0.05) is 31.5 Å². The summed E-state index contributed by atoms with van der Waals surface area (Å²) in [7, 11) is -1.57. The first-order valence-corrected chi connectivity index (χ1v) is 13.6. The molecule has 0 saturated carbocycles. The third-order valence-corrected chi connectivity index (χ3v) is 7.86. The Morgan fingerprint density at radius 3 is 2.28 bits per heavy atom. The summed E-state index contributed by atoms with van der Waals surface area (Å²) in [6.45, 7) is 12.5. The van der Waals surface area contributed by atoms with E-state index in [0.29, 0.717) is 16.5 Å². The predicted molar refractivity (Wildman–Crippen MR) is 151 cm³/mol. The fourth-order valence-electron chi connectivity index (χ4n) is 4.46. The Labute approximate surface area is 220 Å². The third-order valence-electron chi connectivity index (χ3n) is 6.25. The number of anilines is 2. The zero-order valence-corrected chi connectivity index (χ0v) is 23.0. The molecule has 5 nitrogen and oxygen atoms in total. The number of aryl methyl sites for hydroxylation is 3. The summed E-state index contributed by atoms with van der Waals surface area (Å²) < 4.78 is 16.2. The smallest absolute Gasteiger partial charge is 0.157 e. The second-order valence-corrected chi connectivity index (χ2v) is 10.9. The van der Waals surface area contributed by atoms with E-state index >= 15 is 0 Å².